The highest BCUT2D eigenvalue weighted by molar-refractivity contribution is 6.42. The number of piperidine rings is 1. The van der Waals surface area contributed by atoms with E-state index in [9.17, 15) is 9.90 Å². The third-order valence-corrected chi connectivity index (χ3v) is 4.11. The van der Waals surface area contributed by atoms with Crippen LogP contribution < -0.4 is 0 Å². The van der Waals surface area contributed by atoms with Gasteiger partial charge in [-0.1, -0.05) is 29.3 Å². The number of amides is 1. The summed E-state index contributed by atoms with van der Waals surface area (Å²) in [5, 5.41) is 10.9. The molecule has 0 aromatic heterocycles. The summed E-state index contributed by atoms with van der Waals surface area (Å²) in [5.41, 5.74) is 0.0653. The molecular formula is C14H17Cl2NO2. The van der Waals surface area contributed by atoms with Gasteiger partial charge in [0.2, 0.25) is 5.91 Å². The molecule has 3 nitrogen and oxygen atoms in total. The number of hydrogen-bond donors (Lipinski definition) is 1. The predicted octanol–water partition coefficient (Wildman–Crippen LogP) is 2.91. The van der Waals surface area contributed by atoms with Gasteiger partial charge in [-0.25, -0.2) is 0 Å². The molecule has 0 spiro atoms. The van der Waals surface area contributed by atoms with Crippen molar-refractivity contribution >= 4 is 29.1 Å². The Morgan fingerprint density at radius 3 is 2.79 bits per heavy atom. The summed E-state index contributed by atoms with van der Waals surface area (Å²) >= 11 is 11.8. The number of carbonyl (C=O) groups is 1. The van der Waals surface area contributed by atoms with Crippen molar-refractivity contribution in [2.24, 2.45) is 0 Å². The topological polar surface area (TPSA) is 40.5 Å². The maximum absolute atomic E-state index is 12.2. The van der Waals surface area contributed by atoms with E-state index in [0.29, 0.717) is 23.1 Å². The first-order valence-corrected chi connectivity index (χ1v) is 7.07. The average molecular weight is 302 g/mol. The van der Waals surface area contributed by atoms with Gasteiger partial charge in [0.05, 0.1) is 22.1 Å². The van der Waals surface area contributed by atoms with Crippen LogP contribution in [0.1, 0.15) is 25.3 Å². The molecule has 1 atom stereocenters. The lowest BCUT2D eigenvalue weighted by atomic mass is 9.95. The minimum atomic E-state index is -0.772. The van der Waals surface area contributed by atoms with Crippen molar-refractivity contribution in [3.05, 3.63) is 33.8 Å². The molecule has 0 bridgehead atoms. The summed E-state index contributed by atoms with van der Waals surface area (Å²) in [6, 6.07) is 5.21. The molecule has 0 radical (unpaired) electrons. The Kier molecular flexibility index (Phi) is 4.39. The molecule has 0 saturated carbocycles. The van der Waals surface area contributed by atoms with E-state index >= 15 is 0 Å². The SMILES string of the molecule is CC1(O)CCCN(C(=O)Cc2ccc(Cl)c(Cl)c2)C1. The molecule has 1 N–H and O–H groups in total. The van der Waals surface area contributed by atoms with E-state index in [0.717, 1.165) is 18.4 Å². The first kappa shape index (κ1) is 14.6. The van der Waals surface area contributed by atoms with Crippen LogP contribution in [0, 0.1) is 0 Å². The Labute approximate surface area is 123 Å². The summed E-state index contributed by atoms with van der Waals surface area (Å²) in [5.74, 6) is 0.0124. The van der Waals surface area contributed by atoms with Crippen LogP contribution in [0.3, 0.4) is 0 Å². The molecule has 1 heterocycles. The lowest BCUT2D eigenvalue weighted by Crippen LogP contribution is -2.49. The van der Waals surface area contributed by atoms with Crippen molar-refractivity contribution in [3.8, 4) is 0 Å². The van der Waals surface area contributed by atoms with Crippen LogP contribution in [0.25, 0.3) is 0 Å². The third-order valence-electron chi connectivity index (χ3n) is 3.37. The van der Waals surface area contributed by atoms with Crippen molar-refractivity contribution in [2.75, 3.05) is 13.1 Å². The quantitative estimate of drug-likeness (QED) is 0.912. The number of halogens is 2. The minimum Gasteiger partial charge on any atom is -0.388 e. The molecule has 1 saturated heterocycles. The molecule has 5 heteroatoms. The van der Waals surface area contributed by atoms with Gasteiger partial charge in [0.25, 0.3) is 0 Å². The van der Waals surface area contributed by atoms with E-state index in [1.54, 1.807) is 30.0 Å². The van der Waals surface area contributed by atoms with E-state index in [4.69, 9.17) is 23.2 Å². The second-order valence-corrected chi connectivity index (χ2v) is 6.16. The highest BCUT2D eigenvalue weighted by atomic mass is 35.5. The van der Waals surface area contributed by atoms with E-state index < -0.39 is 5.60 Å². The first-order valence-electron chi connectivity index (χ1n) is 6.31. The smallest absolute Gasteiger partial charge is 0.227 e. The highest BCUT2D eigenvalue weighted by Crippen LogP contribution is 2.24. The van der Waals surface area contributed by atoms with Crippen LogP contribution in [-0.2, 0) is 11.2 Å². The second kappa shape index (κ2) is 5.70. The zero-order valence-electron chi connectivity index (χ0n) is 10.8. The Bertz CT molecular complexity index is 488. The summed E-state index contributed by atoms with van der Waals surface area (Å²) in [7, 11) is 0. The van der Waals surface area contributed by atoms with Gasteiger partial charge in [0.1, 0.15) is 0 Å². The van der Waals surface area contributed by atoms with E-state index in [1.165, 1.54) is 0 Å². The minimum absolute atomic E-state index is 0.0124. The monoisotopic (exact) mass is 301 g/mol. The fourth-order valence-electron chi connectivity index (χ4n) is 2.37. The molecule has 1 aliphatic heterocycles. The largest absolute Gasteiger partial charge is 0.388 e. The summed E-state index contributed by atoms with van der Waals surface area (Å²) in [6.45, 7) is 2.87. The summed E-state index contributed by atoms with van der Waals surface area (Å²) < 4.78 is 0. The third kappa shape index (κ3) is 3.85. The molecule has 2 rings (SSSR count). The standard InChI is InChI=1S/C14H17Cl2NO2/c1-14(19)5-2-6-17(9-14)13(18)8-10-3-4-11(15)12(16)7-10/h3-4,7,19H,2,5-6,8-9H2,1H3. The second-order valence-electron chi connectivity index (χ2n) is 5.34. The average Bonchev–Trinajstić information content (AvgIpc) is 2.32. The van der Waals surface area contributed by atoms with Crippen LogP contribution in [0.4, 0.5) is 0 Å². The van der Waals surface area contributed by atoms with Gasteiger partial charge in [0, 0.05) is 13.1 Å². The van der Waals surface area contributed by atoms with E-state index in [1.807, 2.05) is 0 Å². The Morgan fingerprint density at radius 2 is 2.16 bits per heavy atom. The van der Waals surface area contributed by atoms with Gasteiger partial charge < -0.3 is 10.0 Å². The molecule has 19 heavy (non-hydrogen) atoms. The van der Waals surface area contributed by atoms with E-state index in [2.05, 4.69) is 0 Å². The van der Waals surface area contributed by atoms with Crippen LogP contribution >= 0.6 is 23.2 Å². The maximum atomic E-state index is 12.2. The summed E-state index contributed by atoms with van der Waals surface area (Å²) in [6.07, 6.45) is 1.86. The molecule has 1 unspecified atom stereocenters. The van der Waals surface area contributed by atoms with Crippen molar-refractivity contribution in [2.45, 2.75) is 31.8 Å². The molecule has 1 fully saturated rings. The van der Waals surface area contributed by atoms with Crippen LogP contribution in [-0.4, -0.2) is 34.6 Å². The number of hydrogen-bond acceptors (Lipinski definition) is 2. The molecule has 1 amide bonds. The Hall–Kier alpha value is -0.770. The number of nitrogens with zero attached hydrogens (tertiary/aromatic N) is 1. The number of aliphatic hydroxyl groups is 1. The predicted molar refractivity (Wildman–Crippen MR) is 76.6 cm³/mol. The number of carbonyl (C=O) groups excluding carboxylic acids is 1. The van der Waals surface area contributed by atoms with Gasteiger partial charge >= 0.3 is 0 Å². The highest BCUT2D eigenvalue weighted by Gasteiger charge is 2.30. The van der Waals surface area contributed by atoms with Crippen LogP contribution in [0.15, 0.2) is 18.2 Å². The van der Waals surface area contributed by atoms with E-state index in [-0.39, 0.29) is 12.3 Å². The van der Waals surface area contributed by atoms with Gasteiger partial charge in [-0.3, -0.25) is 4.79 Å². The number of likely N-dealkylation sites (tertiary alicyclic amines) is 1. The summed E-state index contributed by atoms with van der Waals surface area (Å²) in [4.78, 5) is 13.9. The normalized spacial score (nSPS) is 23.5. The fourth-order valence-corrected chi connectivity index (χ4v) is 2.69. The molecule has 1 aromatic rings. The first-order chi connectivity index (χ1) is 8.87. The molecule has 1 aromatic carbocycles. The van der Waals surface area contributed by atoms with Crippen molar-refractivity contribution in [1.29, 1.82) is 0 Å². The Morgan fingerprint density at radius 1 is 1.42 bits per heavy atom. The maximum Gasteiger partial charge on any atom is 0.227 e. The van der Waals surface area contributed by atoms with Gasteiger partial charge in [-0.15, -0.1) is 0 Å². The zero-order chi connectivity index (χ0) is 14.0. The van der Waals surface area contributed by atoms with Crippen LogP contribution in [0.5, 0.6) is 0 Å². The molecule has 0 aliphatic carbocycles. The van der Waals surface area contributed by atoms with Crippen molar-refractivity contribution < 1.29 is 9.90 Å². The lowest BCUT2D eigenvalue weighted by Gasteiger charge is -2.36. The molecule has 1 aliphatic rings. The number of rotatable bonds is 2. The zero-order valence-corrected chi connectivity index (χ0v) is 12.3. The fraction of sp³-hybridized carbons (Fsp3) is 0.500. The van der Waals surface area contributed by atoms with Gasteiger partial charge in [-0.05, 0) is 37.5 Å². The van der Waals surface area contributed by atoms with Crippen molar-refractivity contribution in [3.63, 3.8) is 0 Å². The van der Waals surface area contributed by atoms with Gasteiger partial charge in [0.15, 0.2) is 0 Å². The number of β-amino-alcohol motifs (C(OH)–C–C–N with tert-alkyl or cyclic N) is 1. The molecule has 104 valence electrons. The number of benzene rings is 1. The van der Waals surface area contributed by atoms with Crippen LogP contribution in [0.2, 0.25) is 10.0 Å². The van der Waals surface area contributed by atoms with Crippen molar-refractivity contribution in [1.82, 2.24) is 4.90 Å². The molecular weight excluding hydrogens is 285 g/mol. The van der Waals surface area contributed by atoms with Gasteiger partial charge in [-0.2, -0.15) is 0 Å². The Balaban J connectivity index is 2.02. The lowest BCUT2D eigenvalue weighted by molar-refractivity contribution is -0.136.